The average molecular weight is 437 g/mol. The number of aromatic nitrogens is 2. The third kappa shape index (κ3) is 5.64. The minimum atomic E-state index is 0.123. The maximum Gasteiger partial charge on any atom is 0.222 e. The monoisotopic (exact) mass is 436 g/mol. The Morgan fingerprint density at radius 2 is 1.55 bits per heavy atom. The summed E-state index contributed by atoms with van der Waals surface area (Å²) in [6.07, 6.45) is 0. The maximum atomic E-state index is 8.91. The standard InChI is InChI=1S/C26H24N6O/c27-14-18-8-12-22(13-9-18)30-15-19-6-10-21(11-7-19)24-23(31-26(29)32-25(24)28)17-33-16-20-4-2-1-3-5-20/h1-13,30H,15-17H2,(H4,28,29,31,32). The number of anilines is 3. The summed E-state index contributed by atoms with van der Waals surface area (Å²) in [7, 11) is 0. The second-order valence-corrected chi connectivity index (χ2v) is 7.51. The molecule has 0 bridgehead atoms. The molecular weight excluding hydrogens is 412 g/mol. The van der Waals surface area contributed by atoms with Crippen molar-refractivity contribution in [3.8, 4) is 17.2 Å². The van der Waals surface area contributed by atoms with Crippen LogP contribution < -0.4 is 16.8 Å². The minimum Gasteiger partial charge on any atom is -0.383 e. The Bertz CT molecular complexity index is 1250. The number of nitriles is 1. The summed E-state index contributed by atoms with van der Waals surface area (Å²) < 4.78 is 5.87. The summed E-state index contributed by atoms with van der Waals surface area (Å²) in [5.74, 6) is 0.446. The van der Waals surface area contributed by atoms with E-state index in [9.17, 15) is 0 Å². The number of nitrogen functional groups attached to an aromatic ring is 2. The average Bonchev–Trinajstić information content (AvgIpc) is 2.84. The van der Waals surface area contributed by atoms with Gasteiger partial charge in [-0.05, 0) is 41.0 Å². The molecule has 0 amide bonds. The highest BCUT2D eigenvalue weighted by molar-refractivity contribution is 5.76. The Kier molecular flexibility index (Phi) is 6.78. The summed E-state index contributed by atoms with van der Waals surface area (Å²) in [6.45, 7) is 1.38. The molecule has 3 aromatic carbocycles. The molecule has 0 spiro atoms. The van der Waals surface area contributed by atoms with Crippen LogP contribution in [-0.2, 0) is 24.5 Å². The molecule has 4 aromatic rings. The van der Waals surface area contributed by atoms with E-state index in [1.54, 1.807) is 12.1 Å². The molecular formula is C26H24N6O. The second kappa shape index (κ2) is 10.3. The van der Waals surface area contributed by atoms with Gasteiger partial charge in [-0.25, -0.2) is 4.98 Å². The van der Waals surface area contributed by atoms with Crippen molar-refractivity contribution >= 4 is 17.5 Å². The van der Waals surface area contributed by atoms with Crippen LogP contribution in [0.2, 0.25) is 0 Å². The molecule has 0 atom stereocenters. The fraction of sp³-hybridized carbons (Fsp3) is 0.115. The first-order valence-corrected chi connectivity index (χ1v) is 10.5. The lowest BCUT2D eigenvalue weighted by Gasteiger charge is -2.13. The molecule has 33 heavy (non-hydrogen) atoms. The highest BCUT2D eigenvalue weighted by Gasteiger charge is 2.14. The van der Waals surface area contributed by atoms with Crippen LogP contribution in [-0.4, -0.2) is 9.97 Å². The van der Waals surface area contributed by atoms with Crippen LogP contribution in [0.25, 0.3) is 11.1 Å². The topological polar surface area (TPSA) is 123 Å². The fourth-order valence-corrected chi connectivity index (χ4v) is 3.46. The zero-order chi connectivity index (χ0) is 23.0. The lowest BCUT2D eigenvalue weighted by Crippen LogP contribution is -2.08. The van der Waals surface area contributed by atoms with E-state index < -0.39 is 0 Å². The van der Waals surface area contributed by atoms with Gasteiger partial charge in [0.15, 0.2) is 0 Å². The quantitative estimate of drug-likeness (QED) is 0.371. The molecule has 0 unspecified atom stereocenters. The van der Waals surface area contributed by atoms with Gasteiger partial charge < -0.3 is 21.5 Å². The Balaban J connectivity index is 1.46. The molecule has 7 nitrogen and oxygen atoms in total. The normalized spacial score (nSPS) is 10.5. The van der Waals surface area contributed by atoms with E-state index in [-0.39, 0.29) is 12.6 Å². The van der Waals surface area contributed by atoms with Crippen molar-refractivity contribution in [2.75, 3.05) is 16.8 Å². The number of benzene rings is 3. The predicted molar refractivity (Wildman–Crippen MR) is 130 cm³/mol. The van der Waals surface area contributed by atoms with Crippen molar-refractivity contribution in [3.05, 3.63) is 101 Å². The summed E-state index contributed by atoms with van der Waals surface area (Å²) in [5, 5.41) is 12.3. The van der Waals surface area contributed by atoms with Crippen molar-refractivity contribution in [1.29, 1.82) is 5.26 Å². The van der Waals surface area contributed by atoms with Gasteiger partial charge in [-0.2, -0.15) is 10.2 Å². The minimum absolute atomic E-state index is 0.123. The number of nitrogens with two attached hydrogens (primary N) is 2. The van der Waals surface area contributed by atoms with E-state index in [0.717, 1.165) is 27.9 Å². The summed E-state index contributed by atoms with van der Waals surface area (Å²) in [4.78, 5) is 8.52. The van der Waals surface area contributed by atoms with E-state index >= 15 is 0 Å². The van der Waals surface area contributed by atoms with Gasteiger partial charge in [-0.3, -0.25) is 0 Å². The molecule has 164 valence electrons. The summed E-state index contributed by atoms with van der Waals surface area (Å²) in [6, 6.07) is 27.4. The molecule has 0 radical (unpaired) electrons. The van der Waals surface area contributed by atoms with Gasteiger partial charge in [-0.1, -0.05) is 54.6 Å². The third-order valence-corrected chi connectivity index (χ3v) is 5.13. The van der Waals surface area contributed by atoms with Crippen LogP contribution in [0.3, 0.4) is 0 Å². The van der Waals surface area contributed by atoms with E-state index in [2.05, 4.69) is 21.4 Å². The fourth-order valence-electron chi connectivity index (χ4n) is 3.46. The molecule has 0 aliphatic carbocycles. The zero-order valence-electron chi connectivity index (χ0n) is 18.0. The number of nitrogens with zero attached hydrogens (tertiary/aromatic N) is 3. The van der Waals surface area contributed by atoms with E-state index in [1.807, 2.05) is 66.7 Å². The second-order valence-electron chi connectivity index (χ2n) is 7.51. The molecule has 0 fully saturated rings. The van der Waals surface area contributed by atoms with Crippen molar-refractivity contribution in [1.82, 2.24) is 9.97 Å². The number of ether oxygens (including phenoxy) is 1. The molecule has 0 aliphatic heterocycles. The first-order valence-electron chi connectivity index (χ1n) is 10.5. The number of hydrogen-bond donors (Lipinski definition) is 3. The molecule has 1 aromatic heterocycles. The Morgan fingerprint density at radius 1 is 0.818 bits per heavy atom. The van der Waals surface area contributed by atoms with Crippen molar-refractivity contribution < 1.29 is 4.74 Å². The molecule has 7 heteroatoms. The Labute approximate surface area is 192 Å². The Hall–Kier alpha value is -4.41. The van der Waals surface area contributed by atoms with E-state index in [4.69, 9.17) is 21.5 Å². The van der Waals surface area contributed by atoms with Gasteiger partial charge >= 0.3 is 0 Å². The smallest absolute Gasteiger partial charge is 0.222 e. The van der Waals surface area contributed by atoms with Crippen molar-refractivity contribution in [3.63, 3.8) is 0 Å². The van der Waals surface area contributed by atoms with Crippen LogP contribution in [0.1, 0.15) is 22.4 Å². The van der Waals surface area contributed by atoms with Gasteiger partial charge in [-0.15, -0.1) is 0 Å². The molecule has 0 aliphatic rings. The van der Waals surface area contributed by atoms with Gasteiger partial charge in [0.2, 0.25) is 5.95 Å². The van der Waals surface area contributed by atoms with E-state index in [1.165, 1.54) is 0 Å². The molecule has 5 N–H and O–H groups in total. The predicted octanol–water partition coefficient (Wildman–Crippen LogP) is 4.51. The van der Waals surface area contributed by atoms with Crippen LogP contribution >= 0.6 is 0 Å². The largest absolute Gasteiger partial charge is 0.383 e. The summed E-state index contributed by atoms with van der Waals surface area (Å²) >= 11 is 0. The highest BCUT2D eigenvalue weighted by atomic mass is 16.5. The van der Waals surface area contributed by atoms with Crippen LogP contribution in [0, 0.1) is 11.3 Å². The summed E-state index contributed by atoms with van der Waals surface area (Å²) in [5.41, 5.74) is 18.1. The number of rotatable bonds is 8. The van der Waals surface area contributed by atoms with Crippen molar-refractivity contribution in [2.24, 2.45) is 0 Å². The maximum absolute atomic E-state index is 8.91. The number of hydrogen-bond acceptors (Lipinski definition) is 7. The zero-order valence-corrected chi connectivity index (χ0v) is 18.0. The SMILES string of the molecule is N#Cc1ccc(NCc2ccc(-c3c(N)nc(N)nc3COCc3ccccc3)cc2)cc1. The number of nitrogens with one attached hydrogen (secondary N) is 1. The van der Waals surface area contributed by atoms with Crippen molar-refractivity contribution in [2.45, 2.75) is 19.8 Å². The lowest BCUT2D eigenvalue weighted by molar-refractivity contribution is 0.105. The van der Waals surface area contributed by atoms with Gasteiger partial charge in [0.25, 0.3) is 0 Å². The molecule has 0 saturated carbocycles. The van der Waals surface area contributed by atoms with E-state index in [0.29, 0.717) is 30.2 Å². The molecule has 0 saturated heterocycles. The molecule has 1 heterocycles. The highest BCUT2D eigenvalue weighted by Crippen LogP contribution is 2.29. The first kappa shape index (κ1) is 21.8. The first-order chi connectivity index (χ1) is 16.1. The van der Waals surface area contributed by atoms with Crippen LogP contribution in [0.5, 0.6) is 0 Å². The Morgan fingerprint density at radius 3 is 2.24 bits per heavy atom. The van der Waals surface area contributed by atoms with Gasteiger partial charge in [0, 0.05) is 17.8 Å². The van der Waals surface area contributed by atoms with Gasteiger partial charge in [0.1, 0.15) is 5.82 Å². The third-order valence-electron chi connectivity index (χ3n) is 5.13. The van der Waals surface area contributed by atoms with Gasteiger partial charge in [0.05, 0.1) is 30.5 Å². The lowest BCUT2D eigenvalue weighted by atomic mass is 10.0. The van der Waals surface area contributed by atoms with Crippen LogP contribution in [0.15, 0.2) is 78.9 Å². The molecule has 4 rings (SSSR count). The van der Waals surface area contributed by atoms with Crippen LogP contribution in [0.4, 0.5) is 17.5 Å².